The number of hydrogen-bond donors (Lipinski definition) is 3. The summed E-state index contributed by atoms with van der Waals surface area (Å²) < 4.78 is 5.12. The molecule has 0 unspecified atom stereocenters. The molecule has 2 aromatic rings. The number of hydrogen-bond acceptors (Lipinski definition) is 5. The van der Waals surface area contributed by atoms with E-state index in [1.165, 1.54) is 30.5 Å². The molecule has 0 aliphatic carbocycles. The highest BCUT2D eigenvalue weighted by Gasteiger charge is 2.08. The van der Waals surface area contributed by atoms with E-state index >= 15 is 0 Å². The number of amides is 1. The largest absolute Gasteiger partial charge is 0.508 e. The molecule has 19 heavy (non-hydrogen) atoms. The molecule has 0 saturated heterocycles. The van der Waals surface area contributed by atoms with Gasteiger partial charge in [0.2, 0.25) is 0 Å². The number of nitrogens with zero attached hydrogens (tertiary/aromatic N) is 1. The van der Waals surface area contributed by atoms with E-state index < -0.39 is 5.91 Å². The molecule has 0 aliphatic rings. The summed E-state index contributed by atoms with van der Waals surface area (Å²) in [4.78, 5) is 11.6. The van der Waals surface area contributed by atoms with Crippen LogP contribution in [0.25, 0.3) is 0 Å². The lowest BCUT2D eigenvalue weighted by atomic mass is 10.2. The Kier molecular flexibility index (Phi) is 3.51. The lowest BCUT2D eigenvalue weighted by Crippen LogP contribution is -2.16. The van der Waals surface area contributed by atoms with E-state index in [4.69, 9.17) is 9.52 Å². The molecule has 2 rings (SSSR count). The van der Waals surface area contributed by atoms with Crippen molar-refractivity contribution in [2.24, 2.45) is 5.10 Å². The van der Waals surface area contributed by atoms with Gasteiger partial charge in [-0.05, 0) is 31.2 Å². The Morgan fingerprint density at radius 2 is 2.11 bits per heavy atom. The van der Waals surface area contributed by atoms with Crippen molar-refractivity contribution in [3.63, 3.8) is 0 Å². The van der Waals surface area contributed by atoms with E-state index in [1.54, 1.807) is 13.0 Å². The molecule has 0 fully saturated rings. The number of carbonyl (C=O) groups is 1. The normalized spacial score (nSPS) is 10.8. The maximum Gasteiger partial charge on any atom is 0.307 e. The zero-order valence-electron chi connectivity index (χ0n) is 10.1. The maximum atomic E-state index is 11.6. The van der Waals surface area contributed by atoms with Gasteiger partial charge in [-0.2, -0.15) is 5.10 Å². The monoisotopic (exact) mass is 260 g/mol. The Bertz CT molecular complexity index is 631. The molecule has 1 aromatic carbocycles. The highest BCUT2D eigenvalue weighted by atomic mass is 16.3. The van der Waals surface area contributed by atoms with E-state index in [0.29, 0.717) is 11.3 Å². The molecule has 0 spiro atoms. The van der Waals surface area contributed by atoms with Crippen molar-refractivity contribution in [1.82, 2.24) is 5.43 Å². The molecular formula is C13H12N2O4. The number of furan rings is 1. The SMILES string of the molecule is Cc1ccc(C(=O)NN=Cc2ccc(O)cc2O)o1. The van der Waals surface area contributed by atoms with Crippen LogP contribution in [0.15, 0.2) is 39.9 Å². The molecule has 0 saturated carbocycles. The van der Waals surface area contributed by atoms with E-state index in [-0.39, 0.29) is 17.3 Å². The average Bonchev–Trinajstić information content (AvgIpc) is 2.78. The number of benzene rings is 1. The third-order valence-corrected chi connectivity index (χ3v) is 2.35. The number of nitrogens with one attached hydrogen (secondary N) is 1. The van der Waals surface area contributed by atoms with Crippen LogP contribution in [0.3, 0.4) is 0 Å². The van der Waals surface area contributed by atoms with Gasteiger partial charge in [-0.15, -0.1) is 0 Å². The second kappa shape index (κ2) is 5.26. The summed E-state index contributed by atoms with van der Waals surface area (Å²) in [5, 5.41) is 22.3. The van der Waals surface area contributed by atoms with Gasteiger partial charge in [0.05, 0.1) is 6.21 Å². The Hall–Kier alpha value is -2.76. The summed E-state index contributed by atoms with van der Waals surface area (Å²) in [6.45, 7) is 1.73. The van der Waals surface area contributed by atoms with Gasteiger partial charge in [-0.1, -0.05) is 0 Å². The number of aryl methyl sites for hydroxylation is 1. The van der Waals surface area contributed by atoms with Crippen molar-refractivity contribution in [3.8, 4) is 11.5 Å². The molecule has 6 nitrogen and oxygen atoms in total. The van der Waals surface area contributed by atoms with Crippen LogP contribution >= 0.6 is 0 Å². The molecule has 98 valence electrons. The molecule has 6 heteroatoms. The molecule has 0 bridgehead atoms. The van der Waals surface area contributed by atoms with Crippen LogP contribution in [0.4, 0.5) is 0 Å². The summed E-state index contributed by atoms with van der Waals surface area (Å²) >= 11 is 0. The zero-order chi connectivity index (χ0) is 13.8. The second-order valence-electron chi connectivity index (χ2n) is 3.85. The predicted octanol–water partition coefficient (Wildman–Crippen LogP) is 1.76. The van der Waals surface area contributed by atoms with Gasteiger partial charge in [-0.3, -0.25) is 4.79 Å². The Morgan fingerprint density at radius 1 is 1.32 bits per heavy atom. The van der Waals surface area contributed by atoms with Crippen LogP contribution < -0.4 is 5.43 Å². The smallest absolute Gasteiger partial charge is 0.307 e. The summed E-state index contributed by atoms with van der Waals surface area (Å²) in [6, 6.07) is 7.26. The van der Waals surface area contributed by atoms with Crippen LogP contribution in [0.5, 0.6) is 11.5 Å². The summed E-state index contributed by atoms with van der Waals surface area (Å²) in [7, 11) is 0. The number of rotatable bonds is 3. The number of aromatic hydroxyl groups is 2. The average molecular weight is 260 g/mol. The lowest BCUT2D eigenvalue weighted by molar-refractivity contribution is 0.0926. The topological polar surface area (TPSA) is 95.1 Å². The van der Waals surface area contributed by atoms with E-state index in [9.17, 15) is 9.90 Å². The minimum atomic E-state index is -0.484. The van der Waals surface area contributed by atoms with Gasteiger partial charge in [-0.25, -0.2) is 5.43 Å². The Labute approximate surface area is 109 Å². The standard InChI is InChI=1S/C13H12N2O4/c1-8-2-5-12(19-8)13(18)15-14-7-9-3-4-10(16)6-11(9)17/h2-7,16-17H,1H3,(H,15,18). The van der Waals surface area contributed by atoms with Crippen molar-refractivity contribution >= 4 is 12.1 Å². The first-order chi connectivity index (χ1) is 9.06. The molecular weight excluding hydrogens is 248 g/mol. The van der Waals surface area contributed by atoms with Crippen molar-refractivity contribution in [1.29, 1.82) is 0 Å². The highest BCUT2D eigenvalue weighted by Crippen LogP contribution is 2.20. The Morgan fingerprint density at radius 3 is 2.74 bits per heavy atom. The molecule has 1 aromatic heterocycles. The summed E-state index contributed by atoms with van der Waals surface area (Å²) in [5.74, 6) is 0.120. The molecule has 0 aliphatic heterocycles. The van der Waals surface area contributed by atoms with Gasteiger partial charge in [0.15, 0.2) is 5.76 Å². The van der Waals surface area contributed by atoms with Crippen LogP contribution in [0, 0.1) is 6.92 Å². The number of phenols is 2. The van der Waals surface area contributed by atoms with E-state index in [2.05, 4.69) is 10.5 Å². The van der Waals surface area contributed by atoms with Crippen LogP contribution in [0.1, 0.15) is 21.9 Å². The van der Waals surface area contributed by atoms with Gasteiger partial charge in [0.1, 0.15) is 17.3 Å². The molecule has 3 N–H and O–H groups in total. The minimum Gasteiger partial charge on any atom is -0.508 e. The number of carbonyl (C=O) groups excluding carboxylic acids is 1. The fourth-order valence-electron chi connectivity index (χ4n) is 1.41. The minimum absolute atomic E-state index is 0.0512. The third kappa shape index (κ3) is 3.12. The van der Waals surface area contributed by atoms with E-state index in [1.807, 2.05) is 0 Å². The van der Waals surface area contributed by atoms with E-state index in [0.717, 1.165) is 0 Å². The van der Waals surface area contributed by atoms with Gasteiger partial charge in [0, 0.05) is 11.6 Å². The van der Waals surface area contributed by atoms with Crippen LogP contribution in [-0.2, 0) is 0 Å². The Balaban J connectivity index is 2.02. The molecule has 1 amide bonds. The summed E-state index contributed by atoms with van der Waals surface area (Å²) in [6.07, 6.45) is 1.27. The molecule has 0 atom stereocenters. The quantitative estimate of drug-likeness (QED) is 0.579. The first-order valence-corrected chi connectivity index (χ1v) is 5.48. The van der Waals surface area contributed by atoms with Gasteiger partial charge >= 0.3 is 5.91 Å². The van der Waals surface area contributed by atoms with Gasteiger partial charge in [0.25, 0.3) is 0 Å². The number of hydrazone groups is 1. The second-order valence-corrected chi connectivity index (χ2v) is 3.85. The van der Waals surface area contributed by atoms with Crippen molar-refractivity contribution < 1.29 is 19.4 Å². The maximum absolute atomic E-state index is 11.6. The number of phenolic OH excluding ortho intramolecular Hbond substituents is 2. The van der Waals surface area contributed by atoms with Crippen molar-refractivity contribution in [2.45, 2.75) is 6.92 Å². The third-order valence-electron chi connectivity index (χ3n) is 2.35. The van der Waals surface area contributed by atoms with Crippen molar-refractivity contribution in [2.75, 3.05) is 0 Å². The fourth-order valence-corrected chi connectivity index (χ4v) is 1.41. The molecule has 0 radical (unpaired) electrons. The van der Waals surface area contributed by atoms with Crippen molar-refractivity contribution in [3.05, 3.63) is 47.4 Å². The first-order valence-electron chi connectivity index (χ1n) is 5.48. The lowest BCUT2D eigenvalue weighted by Gasteiger charge is -1.99. The highest BCUT2D eigenvalue weighted by molar-refractivity contribution is 5.92. The van der Waals surface area contributed by atoms with Crippen LogP contribution in [-0.4, -0.2) is 22.3 Å². The first kappa shape index (κ1) is 12.7. The zero-order valence-corrected chi connectivity index (χ0v) is 10.1. The fraction of sp³-hybridized carbons (Fsp3) is 0.0769. The summed E-state index contributed by atoms with van der Waals surface area (Å²) in [5.41, 5.74) is 2.63. The van der Waals surface area contributed by atoms with Gasteiger partial charge < -0.3 is 14.6 Å². The predicted molar refractivity (Wildman–Crippen MR) is 68.3 cm³/mol. The van der Waals surface area contributed by atoms with Crippen LogP contribution in [0.2, 0.25) is 0 Å². The molecule has 1 heterocycles.